The highest BCUT2D eigenvalue weighted by atomic mass is 16.6. The lowest BCUT2D eigenvalue weighted by molar-refractivity contribution is -0.144. The van der Waals surface area contributed by atoms with Crippen LogP contribution >= 0.6 is 0 Å². The summed E-state index contributed by atoms with van der Waals surface area (Å²) in [5.74, 6) is -1.12. The van der Waals surface area contributed by atoms with E-state index in [1.165, 1.54) is 11.1 Å². The monoisotopic (exact) mass is 325 g/mol. The largest absolute Gasteiger partial charge is 0.479 e. The fraction of sp³-hybridized carbons (Fsp3) is 0.688. The van der Waals surface area contributed by atoms with Crippen LogP contribution in [-0.4, -0.2) is 43.3 Å². The lowest BCUT2D eigenvalue weighted by atomic mass is 10.1. The molecule has 0 aliphatic rings. The summed E-state index contributed by atoms with van der Waals surface area (Å²) in [6, 6.07) is -1.47. The van der Waals surface area contributed by atoms with Crippen molar-refractivity contribution in [2.24, 2.45) is 0 Å². The molecule has 130 valence electrons. The number of ether oxygens (including phenoxy) is 1. The maximum absolute atomic E-state index is 12.5. The van der Waals surface area contributed by atoms with E-state index < -0.39 is 23.7 Å². The molecule has 1 aromatic rings. The molecule has 0 spiro atoms. The number of hydrogen-bond donors (Lipinski definition) is 1. The zero-order chi connectivity index (χ0) is 17.9. The summed E-state index contributed by atoms with van der Waals surface area (Å²) in [4.78, 5) is 29.7. The Balaban J connectivity index is 3.31. The molecular weight excluding hydrogens is 298 g/mol. The van der Waals surface area contributed by atoms with Crippen LogP contribution < -0.4 is 0 Å². The van der Waals surface area contributed by atoms with E-state index >= 15 is 0 Å². The first kappa shape index (κ1) is 19.0. The van der Waals surface area contributed by atoms with Crippen molar-refractivity contribution in [3.8, 4) is 0 Å². The van der Waals surface area contributed by atoms with Gasteiger partial charge >= 0.3 is 12.1 Å². The summed E-state index contributed by atoms with van der Waals surface area (Å²) in [7, 11) is 0. The number of amides is 1. The highest BCUT2D eigenvalue weighted by molar-refractivity contribution is 5.81. The normalized spacial score (nSPS) is 13.3. The van der Waals surface area contributed by atoms with E-state index in [1.807, 2.05) is 13.8 Å². The summed E-state index contributed by atoms with van der Waals surface area (Å²) in [6.45, 7) is 12.6. The summed E-state index contributed by atoms with van der Waals surface area (Å²) < 4.78 is 7.13. The first-order valence-corrected chi connectivity index (χ1v) is 7.71. The Labute approximate surface area is 137 Å². The van der Waals surface area contributed by atoms with E-state index in [1.54, 1.807) is 45.5 Å². The Morgan fingerprint density at radius 2 is 1.83 bits per heavy atom. The number of carboxylic acid groups (broad SMARTS) is 1. The standard InChI is InChI=1S/C16H27N3O4/c1-10(2)18-9-17-8-12(18)13(14(20)21)19(11(3)4)15(22)23-16(5,6)7/h8-11,13H,1-7H3,(H,20,21). The highest BCUT2D eigenvalue weighted by Gasteiger charge is 2.38. The average molecular weight is 325 g/mol. The quantitative estimate of drug-likeness (QED) is 0.898. The molecule has 1 amide bonds. The van der Waals surface area contributed by atoms with Crippen molar-refractivity contribution < 1.29 is 19.4 Å². The third-order valence-electron chi connectivity index (χ3n) is 3.21. The predicted octanol–water partition coefficient (Wildman–Crippen LogP) is 3.24. The van der Waals surface area contributed by atoms with E-state index in [0.717, 1.165) is 0 Å². The molecule has 0 saturated heterocycles. The first-order chi connectivity index (χ1) is 10.5. The van der Waals surface area contributed by atoms with E-state index in [0.29, 0.717) is 5.69 Å². The van der Waals surface area contributed by atoms with Gasteiger partial charge in [-0.1, -0.05) is 0 Å². The van der Waals surface area contributed by atoms with Crippen LogP contribution in [0.15, 0.2) is 12.5 Å². The summed E-state index contributed by atoms with van der Waals surface area (Å²) in [6.07, 6.45) is 2.40. The zero-order valence-corrected chi connectivity index (χ0v) is 14.9. The van der Waals surface area contributed by atoms with E-state index in [2.05, 4.69) is 4.98 Å². The number of imidazole rings is 1. The summed E-state index contributed by atoms with van der Waals surface area (Å²) >= 11 is 0. The molecule has 0 saturated carbocycles. The van der Waals surface area contributed by atoms with Gasteiger partial charge in [-0.3, -0.25) is 4.90 Å². The first-order valence-electron chi connectivity index (χ1n) is 7.71. The SMILES string of the molecule is CC(C)N(C(=O)OC(C)(C)C)C(C(=O)O)c1cncn1C(C)C. The molecule has 7 nitrogen and oxygen atoms in total. The van der Waals surface area contributed by atoms with Crippen molar-refractivity contribution in [3.05, 3.63) is 18.2 Å². The van der Waals surface area contributed by atoms with Gasteiger partial charge in [-0.2, -0.15) is 0 Å². The van der Waals surface area contributed by atoms with Crippen LogP contribution in [0.2, 0.25) is 0 Å². The van der Waals surface area contributed by atoms with Crippen molar-refractivity contribution in [2.45, 2.75) is 72.2 Å². The van der Waals surface area contributed by atoms with Crippen LogP contribution in [0.1, 0.15) is 66.2 Å². The van der Waals surface area contributed by atoms with Gasteiger partial charge < -0.3 is 14.4 Å². The Bertz CT molecular complexity index is 558. The molecule has 1 aromatic heterocycles. The number of aliphatic carboxylic acids is 1. The number of carbonyl (C=O) groups is 2. The van der Waals surface area contributed by atoms with Crippen molar-refractivity contribution in [1.29, 1.82) is 0 Å². The van der Waals surface area contributed by atoms with Crippen LogP contribution in [0, 0.1) is 0 Å². The van der Waals surface area contributed by atoms with Gasteiger partial charge in [-0.25, -0.2) is 14.6 Å². The number of hydrogen-bond acceptors (Lipinski definition) is 4. The number of rotatable bonds is 5. The van der Waals surface area contributed by atoms with Crippen LogP contribution in [0.5, 0.6) is 0 Å². The van der Waals surface area contributed by atoms with Crippen molar-refractivity contribution in [3.63, 3.8) is 0 Å². The van der Waals surface area contributed by atoms with Crippen LogP contribution in [0.3, 0.4) is 0 Å². The predicted molar refractivity (Wildman–Crippen MR) is 86.2 cm³/mol. The van der Waals surface area contributed by atoms with Gasteiger partial charge in [0.2, 0.25) is 0 Å². The maximum Gasteiger partial charge on any atom is 0.411 e. The Kier molecular flexibility index (Phi) is 5.80. The molecule has 1 N–H and O–H groups in total. The molecule has 0 aliphatic carbocycles. The maximum atomic E-state index is 12.5. The number of carboxylic acids is 1. The van der Waals surface area contributed by atoms with Gasteiger partial charge in [-0.15, -0.1) is 0 Å². The second-order valence-corrected chi connectivity index (χ2v) is 7.04. The number of carbonyl (C=O) groups excluding carboxylic acids is 1. The van der Waals surface area contributed by atoms with Gasteiger partial charge in [0, 0.05) is 12.1 Å². The fourth-order valence-electron chi connectivity index (χ4n) is 2.28. The van der Waals surface area contributed by atoms with Crippen molar-refractivity contribution in [2.75, 3.05) is 0 Å². The van der Waals surface area contributed by atoms with E-state index in [9.17, 15) is 14.7 Å². The van der Waals surface area contributed by atoms with E-state index in [4.69, 9.17) is 4.74 Å². The minimum Gasteiger partial charge on any atom is -0.479 e. The minimum absolute atomic E-state index is 0.0296. The average Bonchev–Trinajstić information content (AvgIpc) is 2.80. The minimum atomic E-state index is -1.16. The van der Waals surface area contributed by atoms with Gasteiger partial charge in [0.1, 0.15) is 5.60 Å². The van der Waals surface area contributed by atoms with Crippen LogP contribution in [0.4, 0.5) is 4.79 Å². The zero-order valence-electron chi connectivity index (χ0n) is 14.9. The smallest absolute Gasteiger partial charge is 0.411 e. The molecule has 0 aliphatic heterocycles. The van der Waals surface area contributed by atoms with Crippen LogP contribution in [-0.2, 0) is 9.53 Å². The lowest BCUT2D eigenvalue weighted by Gasteiger charge is -2.34. The molecule has 1 rings (SSSR count). The van der Waals surface area contributed by atoms with Gasteiger partial charge in [0.15, 0.2) is 6.04 Å². The van der Waals surface area contributed by atoms with Gasteiger partial charge in [0.05, 0.1) is 18.2 Å². The molecule has 1 heterocycles. The third kappa shape index (κ3) is 4.71. The Morgan fingerprint density at radius 3 is 2.22 bits per heavy atom. The lowest BCUT2D eigenvalue weighted by Crippen LogP contribution is -2.46. The molecule has 0 fully saturated rings. The summed E-state index contributed by atoms with van der Waals surface area (Å²) in [5.41, 5.74) is -0.252. The Morgan fingerprint density at radius 1 is 1.26 bits per heavy atom. The van der Waals surface area contributed by atoms with Crippen molar-refractivity contribution in [1.82, 2.24) is 14.5 Å². The van der Waals surface area contributed by atoms with Gasteiger partial charge in [0.25, 0.3) is 0 Å². The third-order valence-corrected chi connectivity index (χ3v) is 3.21. The molecule has 1 atom stereocenters. The Hall–Kier alpha value is -2.05. The highest BCUT2D eigenvalue weighted by Crippen LogP contribution is 2.27. The number of aromatic nitrogens is 2. The molecule has 23 heavy (non-hydrogen) atoms. The molecule has 7 heteroatoms. The van der Waals surface area contributed by atoms with Crippen LogP contribution in [0.25, 0.3) is 0 Å². The second kappa shape index (κ2) is 7.02. The number of nitrogens with zero attached hydrogens (tertiary/aromatic N) is 3. The molecule has 1 unspecified atom stereocenters. The molecule has 0 bridgehead atoms. The fourth-order valence-corrected chi connectivity index (χ4v) is 2.28. The summed E-state index contributed by atoms with van der Waals surface area (Å²) in [5, 5.41) is 9.73. The topological polar surface area (TPSA) is 84.7 Å². The molecule has 0 aromatic carbocycles. The molecular formula is C16H27N3O4. The van der Waals surface area contributed by atoms with Crippen molar-refractivity contribution >= 4 is 12.1 Å². The van der Waals surface area contributed by atoms with Gasteiger partial charge in [-0.05, 0) is 48.5 Å². The molecule has 0 radical (unpaired) electrons. The van der Waals surface area contributed by atoms with E-state index in [-0.39, 0.29) is 12.1 Å². The second-order valence-electron chi connectivity index (χ2n) is 7.04.